The topological polar surface area (TPSA) is 84.1 Å². The number of aliphatic carboxylic acids is 1. The summed E-state index contributed by atoms with van der Waals surface area (Å²) < 4.78 is 15.2. The molecule has 0 saturated carbocycles. The van der Waals surface area contributed by atoms with E-state index in [4.69, 9.17) is 0 Å². The van der Waals surface area contributed by atoms with E-state index in [-0.39, 0.29) is 11.7 Å². The van der Waals surface area contributed by atoms with Crippen LogP contribution in [-0.4, -0.2) is 55.8 Å². The predicted molar refractivity (Wildman–Crippen MR) is 83.9 cm³/mol. The summed E-state index contributed by atoms with van der Waals surface area (Å²) >= 11 is 0. The Bertz CT molecular complexity index is 720. The van der Waals surface area contributed by atoms with Crippen molar-refractivity contribution in [2.75, 3.05) is 19.6 Å². The number of aryl methyl sites for hydroxylation is 2. The summed E-state index contributed by atoms with van der Waals surface area (Å²) in [4.78, 5) is 13.7. The lowest BCUT2D eigenvalue weighted by Crippen LogP contribution is -2.25. The molecule has 0 spiro atoms. The molecule has 2 heterocycles. The standard InChI is InChI=1S/C16H20FN5O2/c1-11-18-19-20-22(11)7-3-6-21-9-14(15(10-21)16(23)24)12-4-2-5-13(17)8-12/h2,4-5,8,14-15H,3,6-7,9-10H2,1H3,(H,23,24)/t14-,15+/m1/s1. The lowest BCUT2D eigenvalue weighted by atomic mass is 9.89. The van der Waals surface area contributed by atoms with Gasteiger partial charge in [0.25, 0.3) is 0 Å². The monoisotopic (exact) mass is 333 g/mol. The summed E-state index contributed by atoms with van der Waals surface area (Å²) in [5.74, 6) is -1.10. The Morgan fingerprint density at radius 1 is 1.38 bits per heavy atom. The molecule has 0 unspecified atom stereocenters. The highest BCUT2D eigenvalue weighted by Gasteiger charge is 2.38. The highest BCUT2D eigenvalue weighted by atomic mass is 19.1. The Labute approximate surface area is 139 Å². The number of carboxylic acid groups (broad SMARTS) is 1. The van der Waals surface area contributed by atoms with E-state index < -0.39 is 11.9 Å². The van der Waals surface area contributed by atoms with E-state index >= 15 is 0 Å². The third-order valence-electron chi connectivity index (χ3n) is 4.54. The van der Waals surface area contributed by atoms with Crippen LogP contribution in [-0.2, 0) is 11.3 Å². The van der Waals surface area contributed by atoms with Gasteiger partial charge in [-0.1, -0.05) is 12.1 Å². The Morgan fingerprint density at radius 3 is 2.88 bits per heavy atom. The van der Waals surface area contributed by atoms with Crippen LogP contribution in [0.2, 0.25) is 0 Å². The highest BCUT2D eigenvalue weighted by Crippen LogP contribution is 2.33. The second-order valence-electron chi connectivity index (χ2n) is 6.17. The average molecular weight is 333 g/mol. The SMILES string of the molecule is Cc1nnnn1CCCN1C[C@H](C(=O)O)[C@@H](c2cccc(F)c2)C1. The first-order valence-electron chi connectivity index (χ1n) is 7.98. The molecule has 1 aromatic heterocycles. The summed E-state index contributed by atoms with van der Waals surface area (Å²) in [6.45, 7) is 4.39. The fourth-order valence-corrected chi connectivity index (χ4v) is 3.29. The fourth-order valence-electron chi connectivity index (χ4n) is 3.29. The number of carbonyl (C=O) groups is 1. The van der Waals surface area contributed by atoms with Gasteiger partial charge in [-0.15, -0.1) is 5.10 Å². The highest BCUT2D eigenvalue weighted by molar-refractivity contribution is 5.72. The van der Waals surface area contributed by atoms with Crippen molar-refractivity contribution in [1.29, 1.82) is 0 Å². The van der Waals surface area contributed by atoms with Crippen LogP contribution in [0.1, 0.15) is 23.7 Å². The molecule has 1 aliphatic heterocycles. The number of benzene rings is 1. The minimum atomic E-state index is -0.830. The second-order valence-corrected chi connectivity index (χ2v) is 6.17. The van der Waals surface area contributed by atoms with E-state index in [2.05, 4.69) is 20.4 Å². The first-order valence-corrected chi connectivity index (χ1v) is 7.98. The number of likely N-dealkylation sites (tertiary alicyclic amines) is 1. The van der Waals surface area contributed by atoms with E-state index in [9.17, 15) is 14.3 Å². The van der Waals surface area contributed by atoms with Gasteiger partial charge in [-0.05, 0) is 48.0 Å². The van der Waals surface area contributed by atoms with Crippen LogP contribution in [0.4, 0.5) is 4.39 Å². The molecule has 2 atom stereocenters. The van der Waals surface area contributed by atoms with Crippen molar-refractivity contribution in [3.63, 3.8) is 0 Å². The third kappa shape index (κ3) is 3.59. The second kappa shape index (κ2) is 7.04. The number of nitrogens with zero attached hydrogens (tertiary/aromatic N) is 5. The molecule has 8 heteroatoms. The molecule has 1 aromatic carbocycles. The van der Waals surface area contributed by atoms with Gasteiger partial charge >= 0.3 is 5.97 Å². The molecular weight excluding hydrogens is 313 g/mol. The normalized spacial score (nSPS) is 21.2. The molecule has 0 aliphatic carbocycles. The number of tetrazole rings is 1. The zero-order chi connectivity index (χ0) is 17.1. The van der Waals surface area contributed by atoms with Gasteiger partial charge in [-0.25, -0.2) is 9.07 Å². The fraction of sp³-hybridized carbons (Fsp3) is 0.500. The first kappa shape index (κ1) is 16.5. The first-order chi connectivity index (χ1) is 11.5. The minimum absolute atomic E-state index is 0.187. The van der Waals surface area contributed by atoms with Gasteiger partial charge in [-0.3, -0.25) is 4.79 Å². The molecule has 0 radical (unpaired) electrons. The van der Waals surface area contributed by atoms with Crippen LogP contribution in [0.3, 0.4) is 0 Å². The van der Waals surface area contributed by atoms with Crippen molar-refractivity contribution < 1.29 is 14.3 Å². The molecule has 24 heavy (non-hydrogen) atoms. The molecule has 2 aromatic rings. The van der Waals surface area contributed by atoms with Gasteiger partial charge in [0.2, 0.25) is 0 Å². The van der Waals surface area contributed by atoms with Crippen LogP contribution in [0.5, 0.6) is 0 Å². The van der Waals surface area contributed by atoms with Crippen LogP contribution in [0, 0.1) is 18.7 Å². The smallest absolute Gasteiger partial charge is 0.308 e. The van der Waals surface area contributed by atoms with Gasteiger partial charge in [0.1, 0.15) is 11.6 Å². The number of halogens is 1. The minimum Gasteiger partial charge on any atom is -0.481 e. The molecule has 128 valence electrons. The van der Waals surface area contributed by atoms with Crippen LogP contribution < -0.4 is 0 Å². The molecule has 1 saturated heterocycles. The van der Waals surface area contributed by atoms with Crippen LogP contribution >= 0.6 is 0 Å². The Hall–Kier alpha value is -2.35. The maximum absolute atomic E-state index is 13.5. The number of hydrogen-bond donors (Lipinski definition) is 1. The molecule has 1 fully saturated rings. The van der Waals surface area contributed by atoms with Gasteiger partial charge in [0.05, 0.1) is 5.92 Å². The van der Waals surface area contributed by atoms with E-state index in [1.54, 1.807) is 16.8 Å². The molecule has 7 nitrogen and oxygen atoms in total. The lowest BCUT2D eigenvalue weighted by Gasteiger charge is -2.16. The molecular formula is C16H20FN5O2. The largest absolute Gasteiger partial charge is 0.481 e. The molecule has 0 amide bonds. The molecule has 1 aliphatic rings. The summed E-state index contributed by atoms with van der Waals surface area (Å²) in [5, 5.41) is 20.8. The van der Waals surface area contributed by atoms with E-state index in [0.29, 0.717) is 19.6 Å². The molecule has 3 rings (SSSR count). The Kier molecular flexibility index (Phi) is 4.84. The lowest BCUT2D eigenvalue weighted by molar-refractivity contribution is -0.141. The summed E-state index contributed by atoms with van der Waals surface area (Å²) in [7, 11) is 0. The van der Waals surface area contributed by atoms with E-state index in [0.717, 1.165) is 24.4 Å². The number of rotatable bonds is 6. The van der Waals surface area contributed by atoms with E-state index in [1.807, 2.05) is 6.92 Å². The predicted octanol–water partition coefficient (Wildman–Crippen LogP) is 1.31. The Morgan fingerprint density at radius 2 is 2.21 bits per heavy atom. The van der Waals surface area contributed by atoms with Crippen molar-refractivity contribution in [2.24, 2.45) is 5.92 Å². The van der Waals surface area contributed by atoms with Gasteiger partial charge in [0, 0.05) is 25.6 Å². The number of hydrogen-bond acceptors (Lipinski definition) is 5. The van der Waals surface area contributed by atoms with Crippen molar-refractivity contribution in [3.05, 3.63) is 41.5 Å². The summed E-state index contributed by atoms with van der Waals surface area (Å²) in [6.07, 6.45) is 0.827. The van der Waals surface area contributed by atoms with Crippen molar-refractivity contribution in [3.8, 4) is 0 Å². The quantitative estimate of drug-likeness (QED) is 0.858. The number of aromatic nitrogens is 4. The van der Waals surface area contributed by atoms with Gasteiger partial charge < -0.3 is 10.0 Å². The molecule has 1 N–H and O–H groups in total. The van der Waals surface area contributed by atoms with Crippen molar-refractivity contribution in [2.45, 2.75) is 25.8 Å². The van der Waals surface area contributed by atoms with Crippen LogP contribution in [0.15, 0.2) is 24.3 Å². The van der Waals surface area contributed by atoms with Crippen molar-refractivity contribution >= 4 is 5.97 Å². The van der Waals surface area contributed by atoms with E-state index in [1.165, 1.54) is 12.1 Å². The maximum atomic E-state index is 13.5. The Balaban J connectivity index is 1.62. The van der Waals surface area contributed by atoms with Crippen molar-refractivity contribution in [1.82, 2.24) is 25.1 Å². The maximum Gasteiger partial charge on any atom is 0.308 e. The number of carboxylic acids is 1. The zero-order valence-electron chi connectivity index (χ0n) is 13.5. The summed E-state index contributed by atoms with van der Waals surface area (Å²) in [5.41, 5.74) is 0.751. The molecule has 0 bridgehead atoms. The summed E-state index contributed by atoms with van der Waals surface area (Å²) in [6, 6.07) is 6.25. The van der Waals surface area contributed by atoms with Crippen LogP contribution in [0.25, 0.3) is 0 Å². The average Bonchev–Trinajstić information content (AvgIpc) is 3.14. The van der Waals surface area contributed by atoms with Gasteiger partial charge in [-0.2, -0.15) is 0 Å². The zero-order valence-corrected chi connectivity index (χ0v) is 13.5. The third-order valence-corrected chi connectivity index (χ3v) is 4.54. The van der Waals surface area contributed by atoms with Gasteiger partial charge in [0.15, 0.2) is 0 Å².